The van der Waals surface area contributed by atoms with Crippen molar-refractivity contribution in [1.82, 2.24) is 0 Å². The Labute approximate surface area is 150 Å². The predicted octanol–water partition coefficient (Wildman–Crippen LogP) is 4.32. The van der Waals surface area contributed by atoms with Crippen LogP contribution >= 0.6 is 22.6 Å². The number of carbonyl (C=O) groups is 1. The molecule has 2 N–H and O–H groups in total. The Morgan fingerprint density at radius 3 is 2.61 bits per heavy atom. The van der Waals surface area contributed by atoms with Gasteiger partial charge in [-0.3, -0.25) is 4.79 Å². The molecule has 0 radical (unpaired) electrons. The first-order valence-electron chi connectivity index (χ1n) is 7.54. The molecule has 122 valence electrons. The van der Waals surface area contributed by atoms with Gasteiger partial charge in [-0.05, 0) is 58.8 Å². The van der Waals surface area contributed by atoms with E-state index in [1.165, 1.54) is 0 Å². The minimum absolute atomic E-state index is 0.0480. The van der Waals surface area contributed by atoms with Crippen molar-refractivity contribution < 1.29 is 14.6 Å². The van der Waals surface area contributed by atoms with Gasteiger partial charge < -0.3 is 15.2 Å². The van der Waals surface area contributed by atoms with Crippen LogP contribution in [-0.4, -0.2) is 17.7 Å². The summed E-state index contributed by atoms with van der Waals surface area (Å²) in [6, 6.07) is 13.6. The molecule has 0 fully saturated rings. The normalized spacial score (nSPS) is 10.3. The molecule has 0 unspecified atom stereocenters. The van der Waals surface area contributed by atoms with Gasteiger partial charge in [0.15, 0.2) is 0 Å². The molecule has 0 amide bonds. The number of nitrogens with one attached hydrogen (secondary N) is 1. The number of hydrogen-bond donors (Lipinski definition) is 2. The van der Waals surface area contributed by atoms with Crippen LogP contribution in [0.5, 0.6) is 5.75 Å². The van der Waals surface area contributed by atoms with E-state index >= 15 is 0 Å². The van der Waals surface area contributed by atoms with Gasteiger partial charge in [-0.1, -0.05) is 25.1 Å². The number of ether oxygens (including phenoxy) is 1. The number of hydrogen-bond acceptors (Lipinski definition) is 3. The number of aliphatic carboxylic acids is 1. The lowest BCUT2D eigenvalue weighted by Crippen LogP contribution is -2.05. The van der Waals surface area contributed by atoms with Crippen molar-refractivity contribution >= 4 is 34.2 Å². The van der Waals surface area contributed by atoms with E-state index in [2.05, 4.69) is 47.0 Å². The lowest BCUT2D eigenvalue weighted by atomic mass is 10.1. The van der Waals surface area contributed by atoms with Gasteiger partial charge >= 0.3 is 5.97 Å². The van der Waals surface area contributed by atoms with Crippen LogP contribution in [0.1, 0.15) is 24.5 Å². The quantitative estimate of drug-likeness (QED) is 0.619. The molecular formula is C18H20INO3. The van der Waals surface area contributed by atoms with Crippen molar-refractivity contribution in [3.8, 4) is 5.75 Å². The third kappa shape index (κ3) is 5.74. The molecular weight excluding hydrogens is 405 g/mol. The highest BCUT2D eigenvalue weighted by Gasteiger charge is 2.05. The van der Waals surface area contributed by atoms with Crippen molar-refractivity contribution in [2.45, 2.75) is 26.3 Å². The maximum absolute atomic E-state index is 10.7. The first kappa shape index (κ1) is 17.6. The van der Waals surface area contributed by atoms with Crippen LogP contribution in [-0.2, 0) is 17.8 Å². The average molecular weight is 425 g/mol. The maximum atomic E-state index is 10.7. The van der Waals surface area contributed by atoms with E-state index in [0.29, 0.717) is 13.2 Å². The summed E-state index contributed by atoms with van der Waals surface area (Å²) in [4.78, 5) is 10.7. The molecule has 0 aliphatic heterocycles. The third-order valence-electron chi connectivity index (χ3n) is 3.28. The van der Waals surface area contributed by atoms with Crippen LogP contribution in [0, 0.1) is 3.57 Å². The Balaban J connectivity index is 2.01. The van der Waals surface area contributed by atoms with E-state index in [4.69, 9.17) is 9.84 Å². The van der Waals surface area contributed by atoms with Gasteiger partial charge in [-0.15, -0.1) is 0 Å². The topological polar surface area (TPSA) is 58.6 Å². The average Bonchev–Trinajstić information content (AvgIpc) is 2.53. The van der Waals surface area contributed by atoms with Gasteiger partial charge in [0.2, 0.25) is 0 Å². The summed E-state index contributed by atoms with van der Waals surface area (Å²) < 4.78 is 6.96. The van der Waals surface area contributed by atoms with E-state index in [-0.39, 0.29) is 6.42 Å². The van der Waals surface area contributed by atoms with Gasteiger partial charge in [0, 0.05) is 21.4 Å². The molecule has 0 bridgehead atoms. The molecule has 0 aliphatic carbocycles. The van der Waals surface area contributed by atoms with Crippen LogP contribution in [0.25, 0.3) is 0 Å². The lowest BCUT2D eigenvalue weighted by Gasteiger charge is -2.13. The van der Waals surface area contributed by atoms with E-state index in [1.807, 2.05) is 30.3 Å². The Bertz CT molecular complexity index is 656. The van der Waals surface area contributed by atoms with Gasteiger partial charge in [0.1, 0.15) is 5.75 Å². The molecule has 0 atom stereocenters. The molecule has 0 saturated heterocycles. The van der Waals surface area contributed by atoms with E-state index < -0.39 is 5.97 Å². The van der Waals surface area contributed by atoms with Crippen molar-refractivity contribution in [1.29, 1.82) is 0 Å². The van der Waals surface area contributed by atoms with Gasteiger partial charge in [-0.2, -0.15) is 0 Å². The number of halogens is 1. The monoisotopic (exact) mass is 425 g/mol. The predicted molar refractivity (Wildman–Crippen MR) is 100 cm³/mol. The molecule has 0 heterocycles. The van der Waals surface area contributed by atoms with E-state index in [9.17, 15) is 4.79 Å². The highest BCUT2D eigenvalue weighted by Crippen LogP contribution is 2.23. The zero-order valence-electron chi connectivity index (χ0n) is 13.0. The van der Waals surface area contributed by atoms with Crippen LogP contribution in [0.4, 0.5) is 5.69 Å². The van der Waals surface area contributed by atoms with Gasteiger partial charge in [0.05, 0.1) is 13.0 Å². The first-order chi connectivity index (χ1) is 11.1. The standard InChI is InChI=1S/C18H20INO3/c1-2-9-23-17-11-15(19)6-5-14(17)12-20-16-7-3-13(4-8-16)10-18(21)22/h3-8,11,20H,2,9-10,12H2,1H3,(H,21,22). The van der Waals surface area contributed by atoms with Crippen molar-refractivity contribution in [2.75, 3.05) is 11.9 Å². The summed E-state index contributed by atoms with van der Waals surface area (Å²) in [7, 11) is 0. The fraction of sp³-hybridized carbons (Fsp3) is 0.278. The van der Waals surface area contributed by atoms with Crippen molar-refractivity contribution in [2.24, 2.45) is 0 Å². The molecule has 2 rings (SSSR count). The van der Waals surface area contributed by atoms with E-state index in [0.717, 1.165) is 32.6 Å². The van der Waals surface area contributed by atoms with Crippen LogP contribution in [0.2, 0.25) is 0 Å². The smallest absolute Gasteiger partial charge is 0.307 e. The molecule has 23 heavy (non-hydrogen) atoms. The Morgan fingerprint density at radius 1 is 1.22 bits per heavy atom. The van der Waals surface area contributed by atoms with Crippen LogP contribution in [0.3, 0.4) is 0 Å². The number of carboxylic acids is 1. The minimum Gasteiger partial charge on any atom is -0.493 e. The second-order valence-corrected chi connectivity index (χ2v) is 6.47. The summed E-state index contributed by atoms with van der Waals surface area (Å²) >= 11 is 2.28. The maximum Gasteiger partial charge on any atom is 0.307 e. The molecule has 5 heteroatoms. The fourth-order valence-corrected chi connectivity index (χ4v) is 2.60. The van der Waals surface area contributed by atoms with E-state index in [1.54, 1.807) is 0 Å². The zero-order valence-corrected chi connectivity index (χ0v) is 15.2. The summed E-state index contributed by atoms with van der Waals surface area (Å²) in [6.07, 6.45) is 1.02. The highest BCUT2D eigenvalue weighted by molar-refractivity contribution is 14.1. The molecule has 4 nitrogen and oxygen atoms in total. The molecule has 0 aromatic heterocycles. The number of carboxylic acid groups (broad SMARTS) is 1. The number of anilines is 1. The second-order valence-electron chi connectivity index (χ2n) is 5.22. The lowest BCUT2D eigenvalue weighted by molar-refractivity contribution is -0.136. The molecule has 2 aromatic carbocycles. The van der Waals surface area contributed by atoms with Gasteiger partial charge in [0.25, 0.3) is 0 Å². The molecule has 0 saturated carbocycles. The Kier molecular flexibility index (Phi) is 6.70. The summed E-state index contributed by atoms with van der Waals surface area (Å²) in [5.74, 6) is 0.0936. The van der Waals surface area contributed by atoms with Crippen LogP contribution in [0.15, 0.2) is 42.5 Å². The molecule has 2 aromatic rings. The Morgan fingerprint density at radius 2 is 1.96 bits per heavy atom. The van der Waals surface area contributed by atoms with Crippen LogP contribution < -0.4 is 10.1 Å². The Hall–Kier alpha value is -1.76. The summed E-state index contributed by atoms with van der Waals surface area (Å²) in [5.41, 5.74) is 2.86. The number of benzene rings is 2. The third-order valence-corrected chi connectivity index (χ3v) is 3.95. The second kappa shape index (κ2) is 8.76. The highest BCUT2D eigenvalue weighted by atomic mass is 127. The summed E-state index contributed by atoms with van der Waals surface area (Å²) in [5, 5.41) is 12.1. The number of rotatable bonds is 8. The zero-order chi connectivity index (χ0) is 16.7. The van der Waals surface area contributed by atoms with Gasteiger partial charge in [-0.25, -0.2) is 0 Å². The van der Waals surface area contributed by atoms with Crippen molar-refractivity contribution in [3.05, 3.63) is 57.2 Å². The SMILES string of the molecule is CCCOc1cc(I)ccc1CNc1ccc(CC(=O)O)cc1. The minimum atomic E-state index is -0.817. The summed E-state index contributed by atoms with van der Waals surface area (Å²) in [6.45, 7) is 3.45. The van der Waals surface area contributed by atoms with Crippen molar-refractivity contribution in [3.63, 3.8) is 0 Å². The first-order valence-corrected chi connectivity index (χ1v) is 8.62. The largest absolute Gasteiger partial charge is 0.493 e. The molecule has 0 spiro atoms. The fourth-order valence-electron chi connectivity index (χ4n) is 2.13. The molecule has 0 aliphatic rings.